The van der Waals surface area contributed by atoms with E-state index in [1.54, 1.807) is 6.92 Å². The van der Waals surface area contributed by atoms with Crippen molar-refractivity contribution in [3.8, 4) is 0 Å². The number of nitrogens with one attached hydrogen (secondary N) is 3. The van der Waals surface area contributed by atoms with Crippen molar-refractivity contribution in [2.24, 2.45) is 0 Å². The van der Waals surface area contributed by atoms with E-state index in [1.165, 1.54) is 0 Å². The molecule has 0 aliphatic carbocycles. The van der Waals surface area contributed by atoms with Gasteiger partial charge in [-0.1, -0.05) is 5.16 Å². The Hall–Kier alpha value is -2.39. The van der Waals surface area contributed by atoms with Crippen LogP contribution in [0.3, 0.4) is 0 Å². The lowest BCUT2D eigenvalue weighted by Crippen LogP contribution is -2.50. The Kier molecular flexibility index (Phi) is 5.58. The average molecular weight is 364 g/mol. The monoisotopic (exact) mass is 364 g/mol. The Morgan fingerprint density at radius 3 is 2.77 bits per heavy atom. The number of H-pyrrole nitrogens is 2. The van der Waals surface area contributed by atoms with Gasteiger partial charge in [-0.2, -0.15) is 0 Å². The van der Waals surface area contributed by atoms with E-state index in [0.29, 0.717) is 37.5 Å². The predicted octanol–water partition coefficient (Wildman–Crippen LogP) is 0.649. The Morgan fingerprint density at radius 2 is 2.12 bits per heavy atom. The molecular formula is C17H24N4O5. The summed E-state index contributed by atoms with van der Waals surface area (Å²) in [6.07, 6.45) is 0.408. The van der Waals surface area contributed by atoms with Crippen LogP contribution in [0.5, 0.6) is 0 Å². The highest BCUT2D eigenvalue weighted by atomic mass is 16.5. The molecule has 1 aliphatic heterocycles. The zero-order chi connectivity index (χ0) is 18.7. The van der Waals surface area contributed by atoms with E-state index in [1.807, 2.05) is 13.8 Å². The zero-order valence-corrected chi connectivity index (χ0v) is 15.2. The number of carbonyl (C=O) groups is 1. The van der Waals surface area contributed by atoms with Gasteiger partial charge in [0.15, 0.2) is 0 Å². The summed E-state index contributed by atoms with van der Waals surface area (Å²) in [6.45, 7) is 6.76. The molecule has 1 aliphatic rings. The van der Waals surface area contributed by atoms with E-state index >= 15 is 0 Å². The second-order valence-corrected chi connectivity index (χ2v) is 6.55. The van der Waals surface area contributed by atoms with Crippen LogP contribution >= 0.6 is 0 Å². The average Bonchev–Trinajstić information content (AvgIpc) is 3.10. The van der Waals surface area contributed by atoms with Crippen molar-refractivity contribution in [3.63, 3.8) is 0 Å². The topological polar surface area (TPSA) is 122 Å². The number of aromatic amines is 2. The molecule has 0 bridgehead atoms. The van der Waals surface area contributed by atoms with Gasteiger partial charge in [-0.15, -0.1) is 0 Å². The van der Waals surface area contributed by atoms with Crippen molar-refractivity contribution >= 4 is 5.91 Å². The number of aryl methyl sites for hydroxylation is 3. The molecule has 0 spiro atoms. The van der Waals surface area contributed by atoms with Crippen LogP contribution < -0.4 is 10.9 Å². The van der Waals surface area contributed by atoms with Crippen LogP contribution in [0.25, 0.3) is 0 Å². The first-order valence-corrected chi connectivity index (χ1v) is 8.62. The van der Waals surface area contributed by atoms with Gasteiger partial charge in [-0.3, -0.25) is 14.7 Å². The van der Waals surface area contributed by atoms with Crippen molar-refractivity contribution in [2.75, 3.05) is 13.2 Å². The minimum Gasteiger partial charge on any atom is -0.379 e. The second kappa shape index (κ2) is 7.88. The highest BCUT2D eigenvalue weighted by Crippen LogP contribution is 2.18. The summed E-state index contributed by atoms with van der Waals surface area (Å²) in [6, 6.07) is -0.171. The van der Waals surface area contributed by atoms with Gasteiger partial charge in [0, 0.05) is 23.4 Å². The summed E-state index contributed by atoms with van der Waals surface area (Å²) in [5.41, 5.74) is 2.55. The summed E-state index contributed by atoms with van der Waals surface area (Å²) in [5.74, 6) is 0.512. The number of hydrogen-bond acceptors (Lipinski definition) is 6. The molecule has 2 aromatic rings. The maximum Gasteiger partial charge on any atom is 0.267 e. The fourth-order valence-electron chi connectivity index (χ4n) is 3.04. The number of carbonyl (C=O) groups excluding carboxylic acids is 1. The first-order valence-electron chi connectivity index (χ1n) is 8.62. The molecule has 0 saturated carbocycles. The first kappa shape index (κ1) is 18.4. The number of ether oxygens (including phenoxy) is 2. The molecule has 2 aromatic heterocycles. The summed E-state index contributed by atoms with van der Waals surface area (Å²) in [4.78, 5) is 24.1. The molecule has 3 heterocycles. The van der Waals surface area contributed by atoms with Crippen molar-refractivity contribution in [2.45, 2.75) is 52.4 Å². The fourth-order valence-corrected chi connectivity index (χ4v) is 3.04. The van der Waals surface area contributed by atoms with Crippen LogP contribution in [0.15, 0.2) is 9.32 Å². The summed E-state index contributed by atoms with van der Waals surface area (Å²) < 4.78 is 16.6. The molecular weight excluding hydrogens is 340 g/mol. The van der Waals surface area contributed by atoms with Crippen LogP contribution in [-0.4, -0.2) is 46.6 Å². The molecule has 3 rings (SSSR count). The third-order valence-corrected chi connectivity index (χ3v) is 4.70. The number of hydrogen-bond donors (Lipinski definition) is 3. The first-order chi connectivity index (χ1) is 12.5. The van der Waals surface area contributed by atoms with Crippen LogP contribution in [-0.2, 0) is 27.3 Å². The van der Waals surface area contributed by atoms with Crippen LogP contribution in [0.1, 0.15) is 34.7 Å². The van der Waals surface area contributed by atoms with E-state index in [2.05, 4.69) is 20.7 Å². The van der Waals surface area contributed by atoms with E-state index in [9.17, 15) is 9.59 Å². The number of nitrogens with zero attached hydrogens (tertiary/aromatic N) is 1. The zero-order valence-electron chi connectivity index (χ0n) is 15.2. The minimum atomic E-state index is -0.271. The van der Waals surface area contributed by atoms with E-state index in [0.717, 1.165) is 17.0 Å². The second-order valence-electron chi connectivity index (χ2n) is 6.55. The lowest BCUT2D eigenvalue weighted by atomic mass is 10.0. The Balaban J connectivity index is 1.60. The van der Waals surface area contributed by atoms with E-state index < -0.39 is 0 Å². The summed E-state index contributed by atoms with van der Waals surface area (Å²) >= 11 is 0. The molecule has 1 fully saturated rings. The largest absolute Gasteiger partial charge is 0.379 e. The molecule has 0 radical (unpaired) electrons. The molecule has 9 heteroatoms. The van der Waals surface area contributed by atoms with Gasteiger partial charge < -0.3 is 24.4 Å². The lowest BCUT2D eigenvalue weighted by Gasteiger charge is -2.32. The Bertz CT molecular complexity index is 802. The molecule has 0 aromatic carbocycles. The minimum absolute atomic E-state index is 0.0264. The van der Waals surface area contributed by atoms with Gasteiger partial charge in [0.05, 0.1) is 31.4 Å². The van der Waals surface area contributed by atoms with Crippen LogP contribution in [0.4, 0.5) is 0 Å². The van der Waals surface area contributed by atoms with Crippen molar-refractivity contribution in [3.05, 3.63) is 38.6 Å². The van der Waals surface area contributed by atoms with Crippen molar-refractivity contribution in [1.29, 1.82) is 0 Å². The van der Waals surface area contributed by atoms with Crippen molar-refractivity contribution < 1.29 is 18.8 Å². The van der Waals surface area contributed by atoms with Gasteiger partial charge in [0.25, 0.3) is 5.56 Å². The lowest BCUT2D eigenvalue weighted by molar-refractivity contribution is -0.126. The number of amides is 1. The van der Waals surface area contributed by atoms with Gasteiger partial charge in [-0.25, -0.2) is 0 Å². The van der Waals surface area contributed by atoms with E-state index in [-0.39, 0.29) is 30.0 Å². The molecule has 1 amide bonds. The smallest absolute Gasteiger partial charge is 0.267 e. The fraction of sp³-hybridized carbons (Fsp3) is 0.588. The molecule has 26 heavy (non-hydrogen) atoms. The van der Waals surface area contributed by atoms with Crippen LogP contribution in [0.2, 0.25) is 0 Å². The number of rotatable bonds is 6. The Morgan fingerprint density at radius 1 is 1.31 bits per heavy atom. The molecule has 142 valence electrons. The van der Waals surface area contributed by atoms with Gasteiger partial charge in [0.1, 0.15) is 11.9 Å². The molecule has 1 saturated heterocycles. The van der Waals surface area contributed by atoms with Gasteiger partial charge in [-0.05, 0) is 27.2 Å². The summed E-state index contributed by atoms with van der Waals surface area (Å²) in [7, 11) is 0. The predicted molar refractivity (Wildman–Crippen MR) is 91.8 cm³/mol. The Labute approximate surface area is 150 Å². The molecule has 0 unspecified atom stereocenters. The maximum atomic E-state index is 12.4. The van der Waals surface area contributed by atoms with Gasteiger partial charge >= 0.3 is 0 Å². The number of aromatic nitrogens is 3. The van der Waals surface area contributed by atoms with E-state index in [4.69, 9.17) is 14.0 Å². The van der Waals surface area contributed by atoms with Crippen LogP contribution in [0, 0.1) is 20.8 Å². The third kappa shape index (κ3) is 4.05. The quantitative estimate of drug-likeness (QED) is 0.692. The highest BCUT2D eigenvalue weighted by molar-refractivity contribution is 5.79. The normalized spacial score (nSPS) is 20.3. The van der Waals surface area contributed by atoms with Gasteiger partial charge in [0.2, 0.25) is 5.91 Å². The molecule has 3 N–H and O–H groups in total. The highest BCUT2D eigenvalue weighted by Gasteiger charge is 2.29. The molecule has 2 atom stereocenters. The maximum absolute atomic E-state index is 12.4. The third-order valence-electron chi connectivity index (χ3n) is 4.70. The molecule has 9 nitrogen and oxygen atoms in total. The standard InChI is InChI=1S/C17H24N4O5/c1-9-12(17(23)20-19-9)6-16(22)18-14-4-5-24-8-15(14)25-7-13-10(2)21-26-11(13)3/h14-15H,4-8H2,1-3H3,(H,18,22)(H2,19,20,23)/t14-,15-/m1/s1. The van der Waals surface area contributed by atoms with Crippen molar-refractivity contribution in [1.82, 2.24) is 20.7 Å². The summed E-state index contributed by atoms with van der Waals surface area (Å²) in [5, 5.41) is 12.1. The SMILES string of the molecule is Cc1noc(C)c1CO[C@@H]1COCC[C@H]1NC(=O)Cc1c(C)[nH][nH]c1=O.